The van der Waals surface area contributed by atoms with Gasteiger partial charge in [0.2, 0.25) is 0 Å². The first-order chi connectivity index (χ1) is 5.65. The van der Waals surface area contributed by atoms with Crippen molar-refractivity contribution in [1.82, 2.24) is 0 Å². The summed E-state index contributed by atoms with van der Waals surface area (Å²) >= 11 is 0. The Morgan fingerprint density at radius 1 is 1.14 bits per heavy atom. The topological polar surface area (TPSA) is 40.5 Å². The Bertz CT molecular complexity index is 277. The van der Waals surface area contributed by atoms with Gasteiger partial charge in [-0.2, -0.15) is 0 Å². The molecule has 0 fully saturated rings. The SMILES string of the molecule is CCC(C)c1ccc(O)c(O)c1.[Ac].[Ac]. The molecule has 0 aliphatic heterocycles. The fraction of sp³-hybridized carbons (Fsp3) is 0.400. The summed E-state index contributed by atoms with van der Waals surface area (Å²) in [7, 11) is 0. The van der Waals surface area contributed by atoms with Crippen LogP contribution in [0.4, 0.5) is 0 Å². The van der Waals surface area contributed by atoms with Crippen molar-refractivity contribution in [2.24, 2.45) is 0 Å². The number of hydrogen-bond donors (Lipinski definition) is 2. The van der Waals surface area contributed by atoms with Gasteiger partial charge in [0, 0.05) is 88.1 Å². The fourth-order valence-electron chi connectivity index (χ4n) is 1.08. The van der Waals surface area contributed by atoms with Crippen molar-refractivity contribution in [1.29, 1.82) is 0 Å². The molecule has 0 aliphatic carbocycles. The zero-order valence-corrected chi connectivity index (χ0v) is 18.1. The number of aromatic hydroxyl groups is 2. The van der Waals surface area contributed by atoms with Crippen molar-refractivity contribution in [3.8, 4) is 11.5 Å². The van der Waals surface area contributed by atoms with Crippen LogP contribution in [0.15, 0.2) is 18.2 Å². The first-order valence-electron chi connectivity index (χ1n) is 4.17. The maximum atomic E-state index is 9.19. The molecule has 0 amide bonds. The van der Waals surface area contributed by atoms with Crippen LogP contribution in [0.1, 0.15) is 31.7 Å². The van der Waals surface area contributed by atoms with Crippen LogP contribution in [-0.4, -0.2) is 10.2 Å². The van der Waals surface area contributed by atoms with E-state index in [1.807, 2.05) is 6.07 Å². The summed E-state index contributed by atoms with van der Waals surface area (Å²) in [6, 6.07) is 4.98. The molecule has 2 nitrogen and oxygen atoms in total. The van der Waals surface area contributed by atoms with Gasteiger partial charge in [0.15, 0.2) is 11.5 Å². The van der Waals surface area contributed by atoms with Crippen LogP contribution in [0.5, 0.6) is 11.5 Å². The zero-order chi connectivity index (χ0) is 9.14. The second kappa shape index (κ2) is 8.81. The maximum absolute atomic E-state index is 9.19. The van der Waals surface area contributed by atoms with Gasteiger partial charge in [-0.3, -0.25) is 0 Å². The smallest absolute Gasteiger partial charge is 0.157 e. The Morgan fingerprint density at radius 2 is 1.71 bits per heavy atom. The number of phenols is 2. The molecule has 4 heteroatoms. The Kier molecular flexibility index (Phi) is 11.4. The summed E-state index contributed by atoms with van der Waals surface area (Å²) < 4.78 is 0. The van der Waals surface area contributed by atoms with Gasteiger partial charge in [0.05, 0.1) is 0 Å². The third-order valence-corrected chi connectivity index (χ3v) is 2.18. The van der Waals surface area contributed by atoms with E-state index in [0.717, 1.165) is 12.0 Å². The molecule has 0 saturated heterocycles. The van der Waals surface area contributed by atoms with Gasteiger partial charge in [0.25, 0.3) is 0 Å². The molecule has 2 radical (unpaired) electrons. The molecule has 1 aromatic rings. The van der Waals surface area contributed by atoms with E-state index in [1.165, 1.54) is 6.07 Å². The molecular weight excluding hydrogens is 606 g/mol. The second-order valence-electron chi connectivity index (χ2n) is 3.06. The van der Waals surface area contributed by atoms with Crippen LogP contribution in [0.25, 0.3) is 0 Å². The minimum atomic E-state index is -0.0537. The number of benzene rings is 1. The van der Waals surface area contributed by atoms with Crippen molar-refractivity contribution in [2.45, 2.75) is 26.2 Å². The molecule has 0 spiro atoms. The average Bonchev–Trinajstić information content (AvgIpc) is 2.08. The van der Waals surface area contributed by atoms with Gasteiger partial charge in [-0.05, 0) is 30.0 Å². The summed E-state index contributed by atoms with van der Waals surface area (Å²) in [6.07, 6.45) is 1.03. The van der Waals surface area contributed by atoms with Gasteiger partial charge in [-0.15, -0.1) is 0 Å². The molecule has 0 saturated carbocycles. The van der Waals surface area contributed by atoms with Crippen LogP contribution in [0.2, 0.25) is 0 Å². The Balaban J connectivity index is 0. The van der Waals surface area contributed by atoms with Crippen molar-refractivity contribution in [2.75, 3.05) is 0 Å². The average molecular weight is 620 g/mol. The first-order valence-corrected chi connectivity index (χ1v) is 4.17. The van der Waals surface area contributed by atoms with E-state index in [-0.39, 0.29) is 99.6 Å². The molecule has 0 bridgehead atoms. The Hall–Kier alpha value is 1.70. The van der Waals surface area contributed by atoms with E-state index in [4.69, 9.17) is 5.11 Å². The predicted octanol–water partition coefficient (Wildman–Crippen LogP) is 2.61. The van der Waals surface area contributed by atoms with Crippen LogP contribution in [-0.2, 0) is 0 Å². The predicted molar refractivity (Wildman–Crippen MR) is 48.5 cm³/mol. The quantitative estimate of drug-likeness (QED) is 0.500. The van der Waals surface area contributed by atoms with E-state index in [9.17, 15) is 5.11 Å². The largest absolute Gasteiger partial charge is 0.504 e. The Morgan fingerprint density at radius 3 is 2.14 bits per heavy atom. The summed E-state index contributed by atoms with van der Waals surface area (Å²) in [5.74, 6) is 0.339. The summed E-state index contributed by atoms with van der Waals surface area (Å²) in [5.41, 5.74) is 1.06. The van der Waals surface area contributed by atoms with Crippen LogP contribution >= 0.6 is 0 Å². The van der Waals surface area contributed by atoms with E-state index in [0.29, 0.717) is 5.92 Å². The molecule has 0 aliphatic rings. The molecule has 72 valence electrons. The van der Waals surface area contributed by atoms with E-state index in [2.05, 4.69) is 13.8 Å². The second-order valence-corrected chi connectivity index (χ2v) is 3.06. The zero-order valence-electron chi connectivity index (χ0n) is 8.57. The first kappa shape index (κ1) is 18.1. The summed E-state index contributed by atoms with van der Waals surface area (Å²) in [5, 5.41) is 18.2. The van der Waals surface area contributed by atoms with Crippen molar-refractivity contribution < 1.29 is 98.3 Å². The van der Waals surface area contributed by atoms with Gasteiger partial charge in [-0.25, -0.2) is 0 Å². The van der Waals surface area contributed by atoms with Gasteiger partial charge >= 0.3 is 0 Å². The third-order valence-electron chi connectivity index (χ3n) is 2.18. The van der Waals surface area contributed by atoms with Crippen molar-refractivity contribution in [3.63, 3.8) is 0 Å². The molecule has 1 unspecified atom stereocenters. The molecule has 0 heterocycles. The normalized spacial score (nSPS) is 11.0. The molecule has 0 aromatic heterocycles. The molecular formula is C10H14Ac2O2. The Labute approximate surface area is 157 Å². The van der Waals surface area contributed by atoms with Crippen molar-refractivity contribution in [3.05, 3.63) is 23.8 Å². The van der Waals surface area contributed by atoms with Gasteiger partial charge in [0.1, 0.15) is 0 Å². The minimum absolute atomic E-state index is 0. The molecule has 1 rings (SSSR count). The standard InChI is InChI=1S/C10H14O2.2Ac/c1-3-7(2)8-4-5-9(11)10(12)6-8;;/h4-7,11-12H,3H2,1-2H3;;. The maximum Gasteiger partial charge on any atom is 0.157 e. The van der Waals surface area contributed by atoms with E-state index in [1.54, 1.807) is 6.07 Å². The van der Waals surface area contributed by atoms with Gasteiger partial charge < -0.3 is 10.2 Å². The van der Waals surface area contributed by atoms with E-state index < -0.39 is 0 Å². The monoisotopic (exact) mass is 620 g/mol. The summed E-state index contributed by atoms with van der Waals surface area (Å²) in [4.78, 5) is 0. The molecule has 14 heavy (non-hydrogen) atoms. The number of phenolic OH excluding ortho intramolecular Hbond substituents is 2. The van der Waals surface area contributed by atoms with Crippen LogP contribution < -0.4 is 0 Å². The van der Waals surface area contributed by atoms with E-state index >= 15 is 0 Å². The fourth-order valence-corrected chi connectivity index (χ4v) is 1.08. The van der Waals surface area contributed by atoms with Crippen LogP contribution in [0.3, 0.4) is 0 Å². The van der Waals surface area contributed by atoms with Crippen LogP contribution in [0, 0.1) is 88.1 Å². The number of hydrogen-bond acceptors (Lipinski definition) is 2. The third kappa shape index (κ3) is 5.16. The van der Waals surface area contributed by atoms with Crippen molar-refractivity contribution >= 4 is 0 Å². The molecule has 2 N–H and O–H groups in total. The van der Waals surface area contributed by atoms with Gasteiger partial charge in [-0.1, -0.05) is 19.9 Å². The number of rotatable bonds is 2. The summed E-state index contributed by atoms with van der Waals surface area (Å²) in [6.45, 7) is 4.18. The molecule has 1 atom stereocenters. The minimum Gasteiger partial charge on any atom is -0.504 e. The molecule has 1 aromatic carbocycles.